The van der Waals surface area contributed by atoms with Crippen molar-refractivity contribution in [3.63, 3.8) is 0 Å². The van der Waals surface area contributed by atoms with Crippen LogP contribution in [0.4, 0.5) is 5.69 Å². The van der Waals surface area contributed by atoms with Gasteiger partial charge in [-0.2, -0.15) is 5.10 Å². The third-order valence-electron chi connectivity index (χ3n) is 2.78. The lowest BCUT2D eigenvalue weighted by molar-refractivity contribution is 0.415. The average molecular weight is 240 g/mol. The average Bonchev–Trinajstić information content (AvgIpc) is 2.81. The summed E-state index contributed by atoms with van der Waals surface area (Å²) < 4.78 is 5.21. The number of nitrogens with zero attached hydrogens (tertiary/aromatic N) is 2. The van der Waals surface area contributed by atoms with Crippen LogP contribution >= 0.6 is 0 Å². The second kappa shape index (κ2) is 4.03. The molecule has 18 heavy (non-hydrogen) atoms. The maximum absolute atomic E-state index is 5.76. The first-order valence-corrected chi connectivity index (χ1v) is 5.52. The van der Waals surface area contributed by atoms with Crippen LogP contribution in [0.5, 0.6) is 5.75 Å². The Labute approximate surface area is 104 Å². The maximum atomic E-state index is 5.76. The summed E-state index contributed by atoms with van der Waals surface area (Å²) >= 11 is 0. The van der Waals surface area contributed by atoms with Gasteiger partial charge < -0.3 is 10.5 Å². The topological polar surface area (TPSA) is 76.8 Å². The number of aromatic nitrogens is 3. The molecule has 2 aromatic heterocycles. The van der Waals surface area contributed by atoms with Gasteiger partial charge in [0.05, 0.1) is 19.0 Å². The van der Waals surface area contributed by atoms with Crippen LogP contribution in [-0.2, 0) is 0 Å². The van der Waals surface area contributed by atoms with E-state index in [1.807, 2.05) is 30.3 Å². The lowest BCUT2D eigenvalue weighted by Crippen LogP contribution is -1.87. The molecular formula is C13H12N4O. The number of nitrogens with one attached hydrogen (secondary N) is 1. The highest BCUT2D eigenvalue weighted by molar-refractivity contribution is 5.92. The molecule has 5 heteroatoms. The van der Waals surface area contributed by atoms with Gasteiger partial charge in [-0.05, 0) is 18.2 Å². The zero-order valence-electron chi connectivity index (χ0n) is 9.84. The van der Waals surface area contributed by atoms with E-state index in [4.69, 9.17) is 10.5 Å². The van der Waals surface area contributed by atoms with Gasteiger partial charge in [0.15, 0.2) is 5.65 Å². The molecule has 0 radical (unpaired) electrons. The van der Waals surface area contributed by atoms with Crippen LogP contribution in [0.25, 0.3) is 22.3 Å². The van der Waals surface area contributed by atoms with Crippen LogP contribution in [0.3, 0.4) is 0 Å². The van der Waals surface area contributed by atoms with Gasteiger partial charge in [0.25, 0.3) is 0 Å². The highest BCUT2D eigenvalue weighted by Crippen LogP contribution is 2.28. The van der Waals surface area contributed by atoms with E-state index < -0.39 is 0 Å². The molecule has 3 N–H and O–H groups in total. The van der Waals surface area contributed by atoms with Gasteiger partial charge in [-0.25, -0.2) is 4.98 Å². The molecule has 0 bridgehead atoms. The first-order chi connectivity index (χ1) is 8.78. The van der Waals surface area contributed by atoms with Gasteiger partial charge in [-0.15, -0.1) is 0 Å². The molecule has 0 saturated carbocycles. The van der Waals surface area contributed by atoms with Crippen molar-refractivity contribution >= 4 is 16.7 Å². The summed E-state index contributed by atoms with van der Waals surface area (Å²) in [6, 6.07) is 9.58. The summed E-state index contributed by atoms with van der Waals surface area (Å²) in [5, 5.41) is 8.08. The third-order valence-corrected chi connectivity index (χ3v) is 2.78. The fourth-order valence-electron chi connectivity index (χ4n) is 1.91. The van der Waals surface area contributed by atoms with Gasteiger partial charge in [-0.1, -0.05) is 12.1 Å². The Hall–Kier alpha value is -2.56. The van der Waals surface area contributed by atoms with Crippen LogP contribution in [0.15, 0.2) is 36.5 Å². The van der Waals surface area contributed by atoms with Crippen LogP contribution in [-0.4, -0.2) is 22.3 Å². The molecule has 1 aromatic carbocycles. The smallest absolute Gasteiger partial charge is 0.155 e. The quantitative estimate of drug-likeness (QED) is 0.720. The molecular weight excluding hydrogens is 228 g/mol. The van der Waals surface area contributed by atoms with Crippen molar-refractivity contribution in [2.24, 2.45) is 0 Å². The van der Waals surface area contributed by atoms with Crippen LogP contribution in [0, 0.1) is 0 Å². The van der Waals surface area contributed by atoms with Crippen molar-refractivity contribution in [2.45, 2.75) is 0 Å². The Balaban J connectivity index is 2.21. The number of rotatable bonds is 2. The maximum Gasteiger partial charge on any atom is 0.155 e. The van der Waals surface area contributed by atoms with E-state index in [1.54, 1.807) is 13.3 Å². The first kappa shape index (κ1) is 10.6. The van der Waals surface area contributed by atoms with E-state index in [2.05, 4.69) is 15.2 Å². The Morgan fingerprint density at radius 3 is 3.00 bits per heavy atom. The summed E-state index contributed by atoms with van der Waals surface area (Å²) in [4.78, 5) is 4.20. The first-order valence-electron chi connectivity index (χ1n) is 5.52. The molecule has 0 fully saturated rings. The van der Waals surface area contributed by atoms with Gasteiger partial charge in [0, 0.05) is 10.9 Å². The Morgan fingerprint density at radius 2 is 2.17 bits per heavy atom. The summed E-state index contributed by atoms with van der Waals surface area (Å²) in [5.41, 5.74) is 8.89. The minimum atomic E-state index is 0.619. The normalized spacial score (nSPS) is 10.7. The van der Waals surface area contributed by atoms with Crippen molar-refractivity contribution in [3.05, 3.63) is 36.5 Å². The predicted molar refractivity (Wildman–Crippen MR) is 70.3 cm³/mol. The molecule has 2 heterocycles. The van der Waals surface area contributed by atoms with Crippen molar-refractivity contribution in [2.75, 3.05) is 12.8 Å². The molecule has 0 aliphatic rings. The number of methoxy groups -OCH3 is 1. The second-order valence-corrected chi connectivity index (χ2v) is 3.97. The van der Waals surface area contributed by atoms with E-state index in [-0.39, 0.29) is 0 Å². The number of benzene rings is 1. The standard InChI is InChI=1S/C13H12N4O/c1-18-10-4-2-3-8(5-10)12-11-6-9(14)7-15-13(11)17-16-12/h2-7H,14H2,1H3,(H,15,16,17). The van der Waals surface area contributed by atoms with E-state index in [0.29, 0.717) is 5.69 Å². The summed E-state index contributed by atoms with van der Waals surface area (Å²) in [6.07, 6.45) is 1.61. The number of hydrogen-bond acceptors (Lipinski definition) is 4. The van der Waals surface area contributed by atoms with Gasteiger partial charge in [0.2, 0.25) is 0 Å². The monoisotopic (exact) mass is 240 g/mol. The highest BCUT2D eigenvalue weighted by atomic mass is 16.5. The summed E-state index contributed by atoms with van der Waals surface area (Å²) in [6.45, 7) is 0. The van der Waals surface area contributed by atoms with Crippen molar-refractivity contribution in [1.82, 2.24) is 15.2 Å². The van der Waals surface area contributed by atoms with Crippen LogP contribution in [0.2, 0.25) is 0 Å². The summed E-state index contributed by atoms with van der Waals surface area (Å²) in [5.74, 6) is 0.792. The lowest BCUT2D eigenvalue weighted by atomic mass is 10.1. The molecule has 3 rings (SSSR count). The number of fused-ring (bicyclic) bond motifs is 1. The van der Waals surface area contributed by atoms with E-state index in [0.717, 1.165) is 28.0 Å². The van der Waals surface area contributed by atoms with Crippen molar-refractivity contribution in [3.8, 4) is 17.0 Å². The number of pyridine rings is 1. The molecule has 0 saturated heterocycles. The Bertz CT molecular complexity index is 705. The molecule has 0 aliphatic carbocycles. The molecule has 0 amide bonds. The number of aromatic amines is 1. The third kappa shape index (κ3) is 1.66. The number of nitrogens with two attached hydrogens (primary N) is 1. The van der Waals surface area contributed by atoms with Crippen molar-refractivity contribution in [1.29, 1.82) is 0 Å². The number of H-pyrrole nitrogens is 1. The molecule has 0 atom stereocenters. The number of nitrogen functional groups attached to an aromatic ring is 1. The fourth-order valence-corrected chi connectivity index (χ4v) is 1.91. The van der Waals surface area contributed by atoms with Crippen molar-refractivity contribution < 1.29 is 4.74 Å². The van der Waals surface area contributed by atoms with Gasteiger partial charge in [-0.3, -0.25) is 5.10 Å². The molecule has 0 unspecified atom stereocenters. The van der Waals surface area contributed by atoms with E-state index in [9.17, 15) is 0 Å². The van der Waals surface area contributed by atoms with E-state index in [1.165, 1.54) is 0 Å². The minimum Gasteiger partial charge on any atom is -0.497 e. The molecule has 90 valence electrons. The lowest BCUT2D eigenvalue weighted by Gasteiger charge is -2.02. The zero-order valence-corrected chi connectivity index (χ0v) is 9.84. The predicted octanol–water partition coefficient (Wildman–Crippen LogP) is 2.22. The van der Waals surface area contributed by atoms with Gasteiger partial charge in [0.1, 0.15) is 11.4 Å². The minimum absolute atomic E-state index is 0.619. The fraction of sp³-hybridized carbons (Fsp3) is 0.0769. The summed E-state index contributed by atoms with van der Waals surface area (Å²) in [7, 11) is 1.64. The molecule has 0 aliphatic heterocycles. The van der Waals surface area contributed by atoms with Gasteiger partial charge >= 0.3 is 0 Å². The largest absolute Gasteiger partial charge is 0.497 e. The number of anilines is 1. The molecule has 5 nitrogen and oxygen atoms in total. The number of ether oxygens (including phenoxy) is 1. The Kier molecular flexibility index (Phi) is 2.37. The van der Waals surface area contributed by atoms with E-state index >= 15 is 0 Å². The zero-order chi connectivity index (χ0) is 12.5. The highest BCUT2D eigenvalue weighted by Gasteiger charge is 2.09. The Morgan fingerprint density at radius 1 is 1.28 bits per heavy atom. The number of hydrogen-bond donors (Lipinski definition) is 2. The second-order valence-electron chi connectivity index (χ2n) is 3.97. The molecule has 3 aromatic rings. The molecule has 0 spiro atoms. The van der Waals surface area contributed by atoms with Crippen LogP contribution < -0.4 is 10.5 Å². The SMILES string of the molecule is COc1cccc(-c2n[nH]c3ncc(N)cc23)c1. The van der Waals surface area contributed by atoms with Crippen LogP contribution in [0.1, 0.15) is 0 Å².